The van der Waals surface area contributed by atoms with Crippen molar-refractivity contribution in [3.05, 3.63) is 26.6 Å². The van der Waals surface area contributed by atoms with Gasteiger partial charge in [-0.1, -0.05) is 15.9 Å². The van der Waals surface area contributed by atoms with Crippen molar-refractivity contribution in [2.75, 3.05) is 0 Å². The summed E-state index contributed by atoms with van der Waals surface area (Å²) in [6.45, 7) is 0. The Hall–Kier alpha value is -0.0600. The van der Waals surface area contributed by atoms with Gasteiger partial charge in [-0.25, -0.2) is 0 Å². The standard InChI is InChI=1S/C10H11Br2NO/c11-6-3-7(9(13)5-1-2-5)10(14)8(12)4-6/h3-5,9,14H,1-2,13H2/t9-/m0/s1. The zero-order valence-corrected chi connectivity index (χ0v) is 10.7. The predicted molar refractivity (Wildman–Crippen MR) is 63.2 cm³/mol. The molecule has 1 aromatic rings. The fourth-order valence-corrected chi connectivity index (χ4v) is 2.81. The van der Waals surface area contributed by atoms with E-state index in [1.165, 1.54) is 12.8 Å². The molecule has 0 saturated heterocycles. The molecule has 0 unspecified atom stereocenters. The van der Waals surface area contributed by atoms with Crippen molar-refractivity contribution >= 4 is 31.9 Å². The first-order chi connectivity index (χ1) is 6.59. The monoisotopic (exact) mass is 319 g/mol. The molecule has 0 aliphatic heterocycles. The van der Waals surface area contributed by atoms with Crippen LogP contribution in [0, 0.1) is 5.92 Å². The summed E-state index contributed by atoms with van der Waals surface area (Å²) in [7, 11) is 0. The van der Waals surface area contributed by atoms with E-state index in [4.69, 9.17) is 5.73 Å². The topological polar surface area (TPSA) is 46.2 Å². The highest BCUT2D eigenvalue weighted by atomic mass is 79.9. The second-order valence-electron chi connectivity index (χ2n) is 3.69. The molecule has 1 aliphatic carbocycles. The van der Waals surface area contributed by atoms with E-state index in [0.717, 1.165) is 10.0 Å². The molecule has 2 rings (SSSR count). The third kappa shape index (κ3) is 1.97. The molecule has 0 aromatic heterocycles. The van der Waals surface area contributed by atoms with Crippen LogP contribution >= 0.6 is 31.9 Å². The lowest BCUT2D eigenvalue weighted by Crippen LogP contribution is -2.12. The minimum Gasteiger partial charge on any atom is -0.506 e. The van der Waals surface area contributed by atoms with Crippen molar-refractivity contribution in [1.29, 1.82) is 0 Å². The van der Waals surface area contributed by atoms with Crippen LogP contribution in [0.1, 0.15) is 24.4 Å². The van der Waals surface area contributed by atoms with E-state index in [1.54, 1.807) is 0 Å². The first-order valence-corrected chi connectivity index (χ1v) is 6.11. The number of benzene rings is 1. The van der Waals surface area contributed by atoms with Crippen molar-refractivity contribution in [2.45, 2.75) is 18.9 Å². The summed E-state index contributed by atoms with van der Waals surface area (Å²) < 4.78 is 1.63. The SMILES string of the molecule is N[C@H](c1cc(Br)cc(Br)c1O)C1CC1. The van der Waals surface area contributed by atoms with Gasteiger partial charge in [-0.15, -0.1) is 0 Å². The summed E-state index contributed by atoms with van der Waals surface area (Å²) in [6, 6.07) is 3.67. The zero-order chi connectivity index (χ0) is 10.3. The molecule has 1 atom stereocenters. The smallest absolute Gasteiger partial charge is 0.134 e. The summed E-state index contributed by atoms with van der Waals surface area (Å²) in [5, 5.41) is 9.82. The molecule has 1 aliphatic rings. The lowest BCUT2D eigenvalue weighted by Gasteiger charge is -2.14. The number of aromatic hydroxyl groups is 1. The van der Waals surface area contributed by atoms with Crippen molar-refractivity contribution in [3.8, 4) is 5.75 Å². The molecule has 0 spiro atoms. The van der Waals surface area contributed by atoms with E-state index in [1.807, 2.05) is 12.1 Å². The van der Waals surface area contributed by atoms with Crippen LogP contribution in [0.5, 0.6) is 5.75 Å². The number of halogens is 2. The molecule has 4 heteroatoms. The van der Waals surface area contributed by atoms with Crippen LogP contribution in [0.2, 0.25) is 0 Å². The second-order valence-corrected chi connectivity index (χ2v) is 5.46. The largest absolute Gasteiger partial charge is 0.506 e. The van der Waals surface area contributed by atoms with E-state index in [0.29, 0.717) is 10.4 Å². The fourth-order valence-electron chi connectivity index (χ4n) is 1.55. The third-order valence-electron chi connectivity index (χ3n) is 2.55. The van der Waals surface area contributed by atoms with Gasteiger partial charge in [-0.05, 0) is 46.8 Å². The van der Waals surface area contributed by atoms with E-state index < -0.39 is 0 Å². The summed E-state index contributed by atoms with van der Waals surface area (Å²) in [5.74, 6) is 0.815. The summed E-state index contributed by atoms with van der Waals surface area (Å²) in [6.07, 6.45) is 2.34. The number of phenolic OH excluding ortho intramolecular Hbond substituents is 1. The Labute approximate surface area is 99.8 Å². The number of rotatable bonds is 2. The molecule has 2 nitrogen and oxygen atoms in total. The Balaban J connectivity index is 2.39. The zero-order valence-electron chi connectivity index (χ0n) is 7.50. The van der Waals surface area contributed by atoms with Gasteiger partial charge in [0.2, 0.25) is 0 Å². The van der Waals surface area contributed by atoms with Gasteiger partial charge in [0, 0.05) is 16.1 Å². The molecule has 1 saturated carbocycles. The number of phenols is 1. The Bertz CT molecular complexity index is 363. The molecule has 1 fully saturated rings. The maximum absolute atomic E-state index is 9.82. The predicted octanol–water partition coefficient (Wildman–Crippen LogP) is 3.33. The molecule has 76 valence electrons. The molecule has 0 amide bonds. The molecule has 0 heterocycles. The van der Waals surface area contributed by atoms with Gasteiger partial charge in [0.05, 0.1) is 4.47 Å². The normalized spacial score (nSPS) is 18.2. The minimum absolute atomic E-state index is 0.0381. The van der Waals surface area contributed by atoms with Crippen LogP contribution < -0.4 is 5.73 Å². The third-order valence-corrected chi connectivity index (χ3v) is 3.61. The minimum atomic E-state index is -0.0381. The maximum Gasteiger partial charge on any atom is 0.134 e. The molecule has 1 aromatic carbocycles. The Kier molecular flexibility index (Phi) is 2.86. The highest BCUT2D eigenvalue weighted by Gasteiger charge is 2.31. The van der Waals surface area contributed by atoms with Gasteiger partial charge in [0.1, 0.15) is 5.75 Å². The summed E-state index contributed by atoms with van der Waals surface area (Å²) in [4.78, 5) is 0. The van der Waals surface area contributed by atoms with Gasteiger partial charge in [0.15, 0.2) is 0 Å². The lowest BCUT2D eigenvalue weighted by atomic mass is 10.0. The number of nitrogens with two attached hydrogens (primary N) is 1. The van der Waals surface area contributed by atoms with Crippen LogP contribution in [-0.4, -0.2) is 5.11 Å². The van der Waals surface area contributed by atoms with Gasteiger partial charge in [-0.3, -0.25) is 0 Å². The van der Waals surface area contributed by atoms with Crippen molar-refractivity contribution in [3.63, 3.8) is 0 Å². The van der Waals surface area contributed by atoms with Crippen LogP contribution in [0.25, 0.3) is 0 Å². The molecule has 3 N–H and O–H groups in total. The molecular formula is C10H11Br2NO. The van der Waals surface area contributed by atoms with Crippen molar-refractivity contribution < 1.29 is 5.11 Å². The summed E-state index contributed by atoms with van der Waals surface area (Å²) in [5.41, 5.74) is 6.86. The highest BCUT2D eigenvalue weighted by Crippen LogP contribution is 2.44. The second kappa shape index (κ2) is 3.83. The molecule has 14 heavy (non-hydrogen) atoms. The summed E-state index contributed by atoms with van der Waals surface area (Å²) >= 11 is 6.69. The quantitative estimate of drug-likeness (QED) is 0.878. The Morgan fingerprint density at radius 1 is 1.36 bits per heavy atom. The molecule has 0 radical (unpaired) electrons. The van der Waals surface area contributed by atoms with E-state index in [-0.39, 0.29) is 11.8 Å². The first kappa shape index (κ1) is 10.5. The first-order valence-electron chi connectivity index (χ1n) is 4.53. The van der Waals surface area contributed by atoms with Gasteiger partial charge in [0.25, 0.3) is 0 Å². The van der Waals surface area contributed by atoms with E-state index >= 15 is 0 Å². The highest BCUT2D eigenvalue weighted by molar-refractivity contribution is 9.11. The lowest BCUT2D eigenvalue weighted by molar-refractivity contribution is 0.452. The van der Waals surface area contributed by atoms with Gasteiger partial charge in [-0.2, -0.15) is 0 Å². The van der Waals surface area contributed by atoms with Gasteiger partial charge < -0.3 is 10.8 Å². The fraction of sp³-hybridized carbons (Fsp3) is 0.400. The van der Waals surface area contributed by atoms with Crippen molar-refractivity contribution in [2.24, 2.45) is 11.7 Å². The average Bonchev–Trinajstić information content (AvgIpc) is 2.93. The Morgan fingerprint density at radius 3 is 2.57 bits per heavy atom. The van der Waals surface area contributed by atoms with Crippen LogP contribution in [0.3, 0.4) is 0 Å². The van der Waals surface area contributed by atoms with Gasteiger partial charge >= 0.3 is 0 Å². The van der Waals surface area contributed by atoms with Crippen LogP contribution in [0.4, 0.5) is 0 Å². The van der Waals surface area contributed by atoms with E-state index in [9.17, 15) is 5.11 Å². The Morgan fingerprint density at radius 2 is 2.00 bits per heavy atom. The molecular weight excluding hydrogens is 310 g/mol. The number of hydrogen-bond acceptors (Lipinski definition) is 2. The average molecular weight is 321 g/mol. The maximum atomic E-state index is 9.82. The van der Waals surface area contributed by atoms with E-state index in [2.05, 4.69) is 31.9 Å². The van der Waals surface area contributed by atoms with Crippen LogP contribution in [-0.2, 0) is 0 Å². The van der Waals surface area contributed by atoms with Crippen LogP contribution in [0.15, 0.2) is 21.1 Å². The molecule has 0 bridgehead atoms. The van der Waals surface area contributed by atoms with Crippen molar-refractivity contribution in [1.82, 2.24) is 0 Å². The number of hydrogen-bond donors (Lipinski definition) is 2.